The highest BCUT2D eigenvalue weighted by Crippen LogP contribution is 2.19. The predicted molar refractivity (Wildman–Crippen MR) is 105 cm³/mol. The molecule has 0 bridgehead atoms. The van der Waals surface area contributed by atoms with E-state index in [4.69, 9.17) is 4.74 Å². The highest BCUT2D eigenvalue weighted by molar-refractivity contribution is 5.94. The number of rotatable bonds is 5. The van der Waals surface area contributed by atoms with Crippen LogP contribution in [0.1, 0.15) is 27.9 Å². The van der Waals surface area contributed by atoms with E-state index in [1.165, 1.54) is 17.7 Å². The number of piperazine rings is 1. The number of amides is 2. The van der Waals surface area contributed by atoms with Crippen molar-refractivity contribution in [2.24, 2.45) is 0 Å². The maximum absolute atomic E-state index is 13.8. The molecule has 0 N–H and O–H groups in total. The Hall–Kier alpha value is -2.89. The molecule has 1 aliphatic rings. The van der Waals surface area contributed by atoms with E-state index in [0.29, 0.717) is 32.8 Å². The summed E-state index contributed by atoms with van der Waals surface area (Å²) in [5.74, 6) is -0.0561. The molecule has 0 spiro atoms. The van der Waals surface area contributed by atoms with E-state index in [0.717, 1.165) is 11.3 Å². The molecule has 0 radical (unpaired) electrons. The van der Waals surface area contributed by atoms with Crippen molar-refractivity contribution in [3.05, 3.63) is 65.0 Å². The van der Waals surface area contributed by atoms with Crippen LogP contribution in [-0.2, 0) is 4.79 Å². The number of carbonyl (C=O) groups is 2. The van der Waals surface area contributed by atoms with Gasteiger partial charge in [0.05, 0.1) is 18.6 Å². The van der Waals surface area contributed by atoms with Crippen LogP contribution < -0.4 is 4.74 Å². The zero-order chi connectivity index (χ0) is 20.1. The molecule has 3 rings (SSSR count). The Labute approximate surface area is 164 Å². The maximum Gasteiger partial charge on any atom is 0.256 e. The molecule has 0 aliphatic carbocycles. The zero-order valence-electron chi connectivity index (χ0n) is 16.3. The van der Waals surface area contributed by atoms with Crippen LogP contribution in [0.3, 0.4) is 0 Å². The first-order chi connectivity index (χ1) is 13.5. The molecular weight excluding hydrogens is 359 g/mol. The van der Waals surface area contributed by atoms with Gasteiger partial charge in [0.1, 0.15) is 11.6 Å². The predicted octanol–water partition coefficient (Wildman–Crippen LogP) is 3.20. The van der Waals surface area contributed by atoms with Gasteiger partial charge in [-0.25, -0.2) is 4.39 Å². The average molecular weight is 384 g/mol. The molecule has 2 aromatic rings. The average Bonchev–Trinajstić information content (AvgIpc) is 2.69. The van der Waals surface area contributed by atoms with Gasteiger partial charge in [0.2, 0.25) is 5.91 Å². The fourth-order valence-corrected chi connectivity index (χ4v) is 3.33. The van der Waals surface area contributed by atoms with Crippen LogP contribution in [-0.4, -0.2) is 54.4 Å². The van der Waals surface area contributed by atoms with Gasteiger partial charge < -0.3 is 14.5 Å². The van der Waals surface area contributed by atoms with Crippen molar-refractivity contribution in [1.29, 1.82) is 0 Å². The Kier molecular flexibility index (Phi) is 6.29. The monoisotopic (exact) mass is 384 g/mol. The minimum atomic E-state index is -0.519. The molecule has 1 saturated heterocycles. The van der Waals surface area contributed by atoms with E-state index in [1.54, 1.807) is 21.9 Å². The fraction of sp³-hybridized carbons (Fsp3) is 0.364. The molecule has 1 aliphatic heterocycles. The zero-order valence-corrected chi connectivity index (χ0v) is 16.3. The van der Waals surface area contributed by atoms with Crippen LogP contribution in [0.25, 0.3) is 0 Å². The first-order valence-corrected chi connectivity index (χ1v) is 9.47. The van der Waals surface area contributed by atoms with Crippen molar-refractivity contribution >= 4 is 11.8 Å². The van der Waals surface area contributed by atoms with Gasteiger partial charge in [0, 0.05) is 26.2 Å². The Morgan fingerprint density at radius 3 is 2.36 bits per heavy atom. The summed E-state index contributed by atoms with van der Waals surface area (Å²) in [6.07, 6.45) is 0.286. The van der Waals surface area contributed by atoms with Crippen LogP contribution in [0.5, 0.6) is 5.75 Å². The van der Waals surface area contributed by atoms with Crippen molar-refractivity contribution in [3.63, 3.8) is 0 Å². The van der Waals surface area contributed by atoms with E-state index in [2.05, 4.69) is 0 Å². The highest BCUT2D eigenvalue weighted by Gasteiger charge is 2.26. The minimum absolute atomic E-state index is 0.00255. The normalized spacial score (nSPS) is 14.1. The number of ether oxygens (including phenoxy) is 1. The topological polar surface area (TPSA) is 49.9 Å². The standard InChI is InChI=1S/C22H25FN2O3/c1-16-7-8-20(17(2)15-16)28-14-9-21(26)24-10-12-25(13-11-24)22(27)18-5-3-4-6-19(18)23/h3-8,15H,9-14H2,1-2H3. The number of halogens is 1. The van der Waals surface area contributed by atoms with Gasteiger partial charge in [-0.3, -0.25) is 9.59 Å². The molecule has 2 amide bonds. The third-order valence-corrected chi connectivity index (χ3v) is 4.93. The van der Waals surface area contributed by atoms with Crippen LogP contribution in [0.2, 0.25) is 0 Å². The molecule has 0 saturated carbocycles. The molecule has 1 heterocycles. The molecule has 1 fully saturated rings. The number of hydrogen-bond acceptors (Lipinski definition) is 3. The van der Waals surface area contributed by atoms with E-state index in [-0.39, 0.29) is 23.8 Å². The van der Waals surface area contributed by atoms with Gasteiger partial charge in [-0.1, -0.05) is 29.8 Å². The lowest BCUT2D eigenvalue weighted by molar-refractivity contribution is -0.133. The van der Waals surface area contributed by atoms with Gasteiger partial charge in [-0.05, 0) is 37.6 Å². The van der Waals surface area contributed by atoms with E-state index in [1.807, 2.05) is 32.0 Å². The van der Waals surface area contributed by atoms with Crippen LogP contribution in [0.4, 0.5) is 4.39 Å². The van der Waals surface area contributed by atoms with Crippen molar-refractivity contribution < 1.29 is 18.7 Å². The second-order valence-corrected chi connectivity index (χ2v) is 7.02. The van der Waals surface area contributed by atoms with E-state index in [9.17, 15) is 14.0 Å². The molecule has 28 heavy (non-hydrogen) atoms. The first kappa shape index (κ1) is 19.9. The number of nitrogens with zero attached hydrogens (tertiary/aromatic N) is 2. The summed E-state index contributed by atoms with van der Waals surface area (Å²) >= 11 is 0. The van der Waals surface area contributed by atoms with Crippen molar-refractivity contribution in [1.82, 2.24) is 9.80 Å². The molecule has 0 atom stereocenters. The largest absolute Gasteiger partial charge is 0.493 e. The molecule has 148 valence electrons. The molecule has 0 aromatic heterocycles. The van der Waals surface area contributed by atoms with Gasteiger partial charge in [-0.15, -0.1) is 0 Å². The SMILES string of the molecule is Cc1ccc(OCCC(=O)N2CCN(C(=O)c3ccccc3F)CC2)c(C)c1. The van der Waals surface area contributed by atoms with Crippen LogP contribution in [0.15, 0.2) is 42.5 Å². The lowest BCUT2D eigenvalue weighted by atomic mass is 10.1. The van der Waals surface area contributed by atoms with Gasteiger partial charge in [-0.2, -0.15) is 0 Å². The van der Waals surface area contributed by atoms with Gasteiger partial charge >= 0.3 is 0 Å². The van der Waals surface area contributed by atoms with Crippen molar-refractivity contribution in [2.75, 3.05) is 32.8 Å². The Morgan fingerprint density at radius 2 is 1.68 bits per heavy atom. The molecule has 0 unspecified atom stereocenters. The first-order valence-electron chi connectivity index (χ1n) is 9.47. The summed E-state index contributed by atoms with van der Waals surface area (Å²) in [4.78, 5) is 28.2. The Balaban J connectivity index is 1.46. The van der Waals surface area contributed by atoms with Crippen LogP contribution in [0, 0.1) is 19.7 Å². The summed E-state index contributed by atoms with van der Waals surface area (Å²) in [6.45, 7) is 6.02. The second-order valence-electron chi connectivity index (χ2n) is 7.02. The molecule has 6 heteroatoms. The Bertz CT molecular complexity index is 861. The van der Waals surface area contributed by atoms with Crippen molar-refractivity contribution in [2.45, 2.75) is 20.3 Å². The Morgan fingerprint density at radius 1 is 1.00 bits per heavy atom. The molecule has 5 nitrogen and oxygen atoms in total. The second kappa shape index (κ2) is 8.87. The summed E-state index contributed by atoms with van der Waals surface area (Å²) < 4.78 is 19.5. The highest BCUT2D eigenvalue weighted by atomic mass is 19.1. The maximum atomic E-state index is 13.8. The van der Waals surface area contributed by atoms with E-state index < -0.39 is 5.82 Å². The smallest absolute Gasteiger partial charge is 0.256 e. The summed E-state index contributed by atoms with van der Waals surface area (Å²) in [5.41, 5.74) is 2.29. The molecular formula is C22H25FN2O3. The third kappa shape index (κ3) is 4.68. The van der Waals surface area contributed by atoms with Crippen LogP contribution >= 0.6 is 0 Å². The number of hydrogen-bond donors (Lipinski definition) is 0. The number of benzene rings is 2. The minimum Gasteiger partial charge on any atom is -0.493 e. The third-order valence-electron chi connectivity index (χ3n) is 4.93. The number of carbonyl (C=O) groups excluding carboxylic acids is 2. The molecule has 2 aromatic carbocycles. The van der Waals surface area contributed by atoms with E-state index >= 15 is 0 Å². The van der Waals surface area contributed by atoms with Gasteiger partial charge in [0.25, 0.3) is 5.91 Å². The quantitative estimate of drug-likeness (QED) is 0.796. The fourth-order valence-electron chi connectivity index (χ4n) is 3.33. The van der Waals surface area contributed by atoms with Gasteiger partial charge in [0.15, 0.2) is 0 Å². The summed E-state index contributed by atoms with van der Waals surface area (Å²) in [5, 5.41) is 0. The lowest BCUT2D eigenvalue weighted by Gasteiger charge is -2.35. The number of aryl methyl sites for hydroxylation is 2. The summed E-state index contributed by atoms with van der Waals surface area (Å²) in [6, 6.07) is 11.9. The lowest BCUT2D eigenvalue weighted by Crippen LogP contribution is -2.50. The summed E-state index contributed by atoms with van der Waals surface area (Å²) in [7, 11) is 0. The van der Waals surface area contributed by atoms with Crippen molar-refractivity contribution in [3.8, 4) is 5.75 Å².